The number of halogens is 1. The zero-order chi connectivity index (χ0) is 12.3. The Hall–Kier alpha value is -1.24. The Bertz CT molecular complexity index is 435. The average molecular weight is 250 g/mol. The fourth-order valence-corrected chi connectivity index (χ4v) is 2.15. The van der Waals surface area contributed by atoms with Gasteiger partial charge in [-0.15, -0.1) is 0 Å². The molecule has 0 unspecified atom stereocenters. The van der Waals surface area contributed by atoms with Crippen molar-refractivity contribution in [1.82, 2.24) is 4.90 Å². The molecule has 1 aromatic rings. The van der Waals surface area contributed by atoms with Gasteiger partial charge in [0.15, 0.2) is 0 Å². The molecule has 1 aliphatic rings. The van der Waals surface area contributed by atoms with E-state index in [1.165, 1.54) is 12.8 Å². The predicted octanol–water partition coefficient (Wildman–Crippen LogP) is 2.80. The number of hydrogen-bond donors (Lipinski definition) is 1. The number of rotatable bonds is 5. The lowest BCUT2D eigenvalue weighted by Gasteiger charge is -2.21. The van der Waals surface area contributed by atoms with Gasteiger partial charge < -0.3 is 5.73 Å². The van der Waals surface area contributed by atoms with E-state index in [0.717, 1.165) is 24.3 Å². The molecule has 0 spiro atoms. The number of nitriles is 1. The van der Waals surface area contributed by atoms with E-state index >= 15 is 0 Å². The molecule has 0 bridgehead atoms. The summed E-state index contributed by atoms with van der Waals surface area (Å²) in [4.78, 5) is 2.32. The molecule has 1 aromatic carbocycles. The van der Waals surface area contributed by atoms with Gasteiger partial charge in [-0.1, -0.05) is 11.6 Å². The van der Waals surface area contributed by atoms with Crippen LogP contribution in [0.25, 0.3) is 0 Å². The van der Waals surface area contributed by atoms with Gasteiger partial charge in [0, 0.05) is 36.3 Å². The molecule has 4 heteroatoms. The Kier molecular flexibility index (Phi) is 3.88. The lowest BCUT2D eigenvalue weighted by molar-refractivity contribution is 0.261. The highest BCUT2D eigenvalue weighted by Gasteiger charge is 2.28. The second-order valence-corrected chi connectivity index (χ2v) is 4.89. The first-order valence-corrected chi connectivity index (χ1v) is 6.23. The molecule has 17 heavy (non-hydrogen) atoms. The number of nitrogen functional groups attached to an aromatic ring is 1. The first-order valence-electron chi connectivity index (χ1n) is 5.85. The predicted molar refractivity (Wildman–Crippen MR) is 69.5 cm³/mol. The van der Waals surface area contributed by atoms with Crippen molar-refractivity contribution >= 4 is 17.3 Å². The molecule has 0 atom stereocenters. The highest BCUT2D eigenvalue weighted by molar-refractivity contribution is 6.30. The zero-order valence-corrected chi connectivity index (χ0v) is 10.5. The monoisotopic (exact) mass is 249 g/mol. The zero-order valence-electron chi connectivity index (χ0n) is 9.69. The van der Waals surface area contributed by atoms with Crippen LogP contribution in [0.3, 0.4) is 0 Å². The molecular formula is C13H16ClN3. The van der Waals surface area contributed by atoms with Gasteiger partial charge in [-0.05, 0) is 36.6 Å². The van der Waals surface area contributed by atoms with E-state index in [1.807, 2.05) is 12.1 Å². The third kappa shape index (κ3) is 3.36. The second-order valence-electron chi connectivity index (χ2n) is 4.45. The molecule has 3 nitrogen and oxygen atoms in total. The maximum atomic E-state index is 8.66. The van der Waals surface area contributed by atoms with E-state index in [4.69, 9.17) is 22.6 Å². The molecule has 0 aromatic heterocycles. The van der Waals surface area contributed by atoms with Crippen LogP contribution in [0.4, 0.5) is 5.69 Å². The third-order valence-corrected chi connectivity index (χ3v) is 3.29. The maximum Gasteiger partial charge on any atom is 0.0635 e. The van der Waals surface area contributed by atoms with Gasteiger partial charge in [-0.25, -0.2) is 0 Å². The molecule has 2 rings (SSSR count). The van der Waals surface area contributed by atoms with Gasteiger partial charge in [-0.2, -0.15) is 5.26 Å². The quantitative estimate of drug-likeness (QED) is 0.817. The van der Waals surface area contributed by atoms with Crippen molar-refractivity contribution in [1.29, 1.82) is 5.26 Å². The van der Waals surface area contributed by atoms with Crippen molar-refractivity contribution < 1.29 is 0 Å². The third-order valence-electron chi connectivity index (χ3n) is 3.05. The Morgan fingerprint density at radius 1 is 1.47 bits per heavy atom. The van der Waals surface area contributed by atoms with Crippen molar-refractivity contribution in [3.05, 3.63) is 28.8 Å². The van der Waals surface area contributed by atoms with E-state index < -0.39 is 0 Å². The van der Waals surface area contributed by atoms with Crippen molar-refractivity contribution in [2.45, 2.75) is 31.8 Å². The summed E-state index contributed by atoms with van der Waals surface area (Å²) in [6, 6.07) is 8.38. The van der Waals surface area contributed by atoms with Gasteiger partial charge in [0.1, 0.15) is 0 Å². The summed E-state index contributed by atoms with van der Waals surface area (Å²) in [7, 11) is 0. The van der Waals surface area contributed by atoms with Gasteiger partial charge in [-0.3, -0.25) is 4.90 Å². The Balaban J connectivity index is 2.06. The van der Waals surface area contributed by atoms with Crippen LogP contribution in [-0.2, 0) is 6.54 Å². The van der Waals surface area contributed by atoms with Crippen molar-refractivity contribution in [2.24, 2.45) is 0 Å². The minimum absolute atomic E-state index is 0.566. The fraction of sp³-hybridized carbons (Fsp3) is 0.462. The summed E-state index contributed by atoms with van der Waals surface area (Å²) in [5.74, 6) is 0. The molecule has 90 valence electrons. The summed E-state index contributed by atoms with van der Waals surface area (Å²) in [6.45, 7) is 1.60. The minimum atomic E-state index is 0.566. The number of anilines is 1. The first kappa shape index (κ1) is 12.2. The fourth-order valence-electron chi connectivity index (χ4n) is 1.95. The van der Waals surface area contributed by atoms with E-state index in [9.17, 15) is 0 Å². The molecule has 0 radical (unpaired) electrons. The van der Waals surface area contributed by atoms with Crippen LogP contribution in [-0.4, -0.2) is 17.5 Å². The van der Waals surface area contributed by atoms with Crippen LogP contribution in [0.15, 0.2) is 18.2 Å². The van der Waals surface area contributed by atoms with E-state index in [0.29, 0.717) is 17.5 Å². The maximum absolute atomic E-state index is 8.66. The Morgan fingerprint density at radius 3 is 2.88 bits per heavy atom. The molecular weight excluding hydrogens is 234 g/mol. The van der Waals surface area contributed by atoms with Crippen LogP contribution in [0, 0.1) is 11.3 Å². The van der Waals surface area contributed by atoms with Crippen LogP contribution in [0.5, 0.6) is 0 Å². The van der Waals surface area contributed by atoms with Crippen molar-refractivity contribution in [3.8, 4) is 6.07 Å². The summed E-state index contributed by atoms with van der Waals surface area (Å²) >= 11 is 5.97. The molecule has 0 aliphatic heterocycles. The molecule has 1 saturated carbocycles. The Labute approximate surface area is 107 Å². The van der Waals surface area contributed by atoms with E-state index in [-0.39, 0.29) is 0 Å². The molecule has 0 heterocycles. The number of hydrogen-bond acceptors (Lipinski definition) is 3. The topological polar surface area (TPSA) is 53.0 Å². The molecule has 1 aliphatic carbocycles. The van der Waals surface area contributed by atoms with Crippen molar-refractivity contribution in [3.63, 3.8) is 0 Å². The number of nitrogens with zero attached hydrogens (tertiary/aromatic N) is 2. The summed E-state index contributed by atoms with van der Waals surface area (Å²) in [5.41, 5.74) is 7.77. The highest BCUT2D eigenvalue weighted by atomic mass is 35.5. The molecule has 0 amide bonds. The minimum Gasteiger partial charge on any atom is -0.398 e. The highest BCUT2D eigenvalue weighted by Crippen LogP contribution is 2.30. The van der Waals surface area contributed by atoms with Gasteiger partial charge >= 0.3 is 0 Å². The average Bonchev–Trinajstić information content (AvgIpc) is 3.13. The van der Waals surface area contributed by atoms with Crippen LogP contribution in [0.2, 0.25) is 5.02 Å². The number of nitrogens with two attached hydrogens (primary N) is 1. The summed E-state index contributed by atoms with van der Waals surface area (Å²) in [6.07, 6.45) is 3.02. The van der Waals surface area contributed by atoms with Gasteiger partial charge in [0.25, 0.3) is 0 Å². The lowest BCUT2D eigenvalue weighted by Crippen LogP contribution is -2.26. The van der Waals surface area contributed by atoms with Crippen molar-refractivity contribution in [2.75, 3.05) is 12.3 Å². The Morgan fingerprint density at radius 2 is 2.24 bits per heavy atom. The normalized spacial score (nSPS) is 14.9. The SMILES string of the molecule is N#CCCN(Cc1cc(Cl)ccc1N)C1CC1. The summed E-state index contributed by atoms with van der Waals surface area (Å²) < 4.78 is 0. The second kappa shape index (κ2) is 5.39. The largest absolute Gasteiger partial charge is 0.398 e. The molecule has 1 fully saturated rings. The standard InChI is InChI=1S/C13H16ClN3/c14-11-2-5-13(16)10(8-11)9-17(7-1-6-15)12-3-4-12/h2,5,8,12H,1,3-4,7,9,16H2. The van der Waals surface area contributed by atoms with Gasteiger partial charge in [0.05, 0.1) is 6.07 Å². The van der Waals surface area contributed by atoms with E-state index in [2.05, 4.69) is 11.0 Å². The van der Waals surface area contributed by atoms with Crippen LogP contribution >= 0.6 is 11.6 Å². The van der Waals surface area contributed by atoms with Crippen LogP contribution in [0.1, 0.15) is 24.8 Å². The molecule has 2 N–H and O–H groups in total. The van der Waals surface area contributed by atoms with Crippen LogP contribution < -0.4 is 5.73 Å². The van der Waals surface area contributed by atoms with E-state index in [1.54, 1.807) is 6.07 Å². The lowest BCUT2D eigenvalue weighted by atomic mass is 10.1. The summed E-state index contributed by atoms with van der Waals surface area (Å²) in [5, 5.41) is 9.37. The first-order chi connectivity index (χ1) is 8.20. The van der Waals surface area contributed by atoms with Gasteiger partial charge in [0.2, 0.25) is 0 Å². The number of benzene rings is 1. The smallest absolute Gasteiger partial charge is 0.0635 e. The molecule has 0 saturated heterocycles.